The summed E-state index contributed by atoms with van der Waals surface area (Å²) in [6.45, 7) is 2.31. The molecule has 1 atom stereocenters. The molecule has 2 heterocycles. The van der Waals surface area contributed by atoms with Crippen LogP contribution in [0.3, 0.4) is 0 Å². The number of fused-ring (bicyclic) bond motifs is 5. The summed E-state index contributed by atoms with van der Waals surface area (Å²) in [6, 6.07) is 44.2. The average Bonchev–Trinajstić information content (AvgIpc) is 3.50. The molecule has 1 aliphatic rings. The third kappa shape index (κ3) is 4.41. The van der Waals surface area contributed by atoms with Gasteiger partial charge in [-0.05, 0) is 63.6 Å². The van der Waals surface area contributed by atoms with Crippen molar-refractivity contribution >= 4 is 38.8 Å². The Bertz CT molecular complexity index is 2470. The summed E-state index contributed by atoms with van der Waals surface area (Å²) in [6.07, 6.45) is 5.59. The van der Waals surface area contributed by atoms with Crippen molar-refractivity contribution in [3.8, 4) is 45.3 Å². The first kappa shape index (κ1) is 26.5. The van der Waals surface area contributed by atoms with Crippen LogP contribution in [0, 0.1) is 0 Å². The molecule has 0 N–H and O–H groups in total. The first-order valence-electron chi connectivity index (χ1n) is 15.8. The lowest BCUT2D eigenvalue weighted by molar-refractivity contribution is 0.669. The number of furan rings is 1. The summed E-state index contributed by atoms with van der Waals surface area (Å²) in [5, 5.41) is 4.37. The van der Waals surface area contributed by atoms with Crippen molar-refractivity contribution in [3.63, 3.8) is 0 Å². The SMILES string of the molecule is CC1CC=Cc2cccc(-c3ccc(-c4nc(-c5ccc6ccccc6c5)nc(-c5cccc6oc7ccccc7c56)n4)cc3)c21. The molecule has 4 nitrogen and oxygen atoms in total. The van der Waals surface area contributed by atoms with Crippen molar-refractivity contribution in [2.24, 2.45) is 0 Å². The molecule has 0 amide bonds. The fourth-order valence-electron chi connectivity index (χ4n) is 6.89. The number of allylic oxidation sites excluding steroid dienone is 1. The number of aromatic nitrogens is 3. The van der Waals surface area contributed by atoms with E-state index in [1.54, 1.807) is 0 Å². The second kappa shape index (κ2) is 10.6. The molecule has 0 aliphatic heterocycles. The van der Waals surface area contributed by atoms with Crippen LogP contribution in [0.1, 0.15) is 30.4 Å². The van der Waals surface area contributed by atoms with Crippen LogP contribution in [-0.2, 0) is 0 Å². The zero-order chi connectivity index (χ0) is 30.6. The van der Waals surface area contributed by atoms with Gasteiger partial charge in [0.25, 0.3) is 0 Å². The highest BCUT2D eigenvalue weighted by Crippen LogP contribution is 2.39. The third-order valence-electron chi connectivity index (χ3n) is 9.16. The molecule has 4 heteroatoms. The van der Waals surface area contributed by atoms with Crippen LogP contribution in [0.15, 0.2) is 138 Å². The summed E-state index contributed by atoms with van der Waals surface area (Å²) in [5.41, 5.74) is 9.67. The van der Waals surface area contributed by atoms with Gasteiger partial charge in [0.15, 0.2) is 17.5 Å². The molecule has 9 rings (SSSR count). The third-order valence-corrected chi connectivity index (χ3v) is 9.16. The van der Waals surface area contributed by atoms with E-state index in [0.717, 1.165) is 50.4 Å². The van der Waals surface area contributed by atoms with Crippen molar-refractivity contribution in [2.45, 2.75) is 19.3 Å². The highest BCUT2D eigenvalue weighted by atomic mass is 16.3. The van der Waals surface area contributed by atoms with Crippen molar-refractivity contribution in [3.05, 3.63) is 145 Å². The Morgan fingerprint density at radius 3 is 2.13 bits per heavy atom. The first-order valence-corrected chi connectivity index (χ1v) is 15.8. The number of nitrogens with zero attached hydrogens (tertiary/aromatic N) is 3. The first-order chi connectivity index (χ1) is 22.7. The Balaban J connectivity index is 1.22. The van der Waals surface area contributed by atoms with Crippen molar-refractivity contribution in [1.82, 2.24) is 15.0 Å². The Labute approximate surface area is 266 Å². The van der Waals surface area contributed by atoms with Gasteiger partial charge in [-0.1, -0.05) is 128 Å². The lowest BCUT2D eigenvalue weighted by Gasteiger charge is -2.22. The summed E-state index contributed by atoms with van der Waals surface area (Å²) in [7, 11) is 0. The normalized spacial score (nSPS) is 14.2. The highest BCUT2D eigenvalue weighted by molar-refractivity contribution is 6.11. The van der Waals surface area contributed by atoms with Crippen molar-refractivity contribution in [1.29, 1.82) is 0 Å². The second-order valence-electron chi connectivity index (χ2n) is 12.1. The molecular weight excluding hydrogens is 562 g/mol. The van der Waals surface area contributed by atoms with Crippen LogP contribution in [-0.4, -0.2) is 15.0 Å². The Kier molecular flexibility index (Phi) is 6.13. The van der Waals surface area contributed by atoms with E-state index in [2.05, 4.69) is 116 Å². The predicted molar refractivity (Wildman–Crippen MR) is 188 cm³/mol. The topological polar surface area (TPSA) is 51.8 Å². The molecule has 0 spiro atoms. The van der Waals surface area contributed by atoms with Gasteiger partial charge < -0.3 is 4.42 Å². The van der Waals surface area contributed by atoms with Crippen LogP contribution in [0.25, 0.3) is 84.1 Å². The van der Waals surface area contributed by atoms with E-state index in [-0.39, 0.29) is 0 Å². The Hall–Kier alpha value is -5.87. The predicted octanol–water partition coefficient (Wildman–Crippen LogP) is 11.1. The van der Waals surface area contributed by atoms with Crippen molar-refractivity contribution in [2.75, 3.05) is 0 Å². The monoisotopic (exact) mass is 591 g/mol. The molecule has 0 saturated heterocycles. The van der Waals surface area contributed by atoms with E-state index >= 15 is 0 Å². The molecule has 6 aromatic carbocycles. The maximum atomic E-state index is 6.22. The maximum Gasteiger partial charge on any atom is 0.164 e. The zero-order valence-corrected chi connectivity index (χ0v) is 25.3. The lowest BCUT2D eigenvalue weighted by Crippen LogP contribution is -2.02. The van der Waals surface area contributed by atoms with Gasteiger partial charge in [-0.3, -0.25) is 0 Å². The molecule has 0 bridgehead atoms. The smallest absolute Gasteiger partial charge is 0.164 e. The van der Waals surface area contributed by atoms with Gasteiger partial charge in [0.1, 0.15) is 11.2 Å². The van der Waals surface area contributed by atoms with E-state index in [9.17, 15) is 0 Å². The number of benzene rings is 6. The van der Waals surface area contributed by atoms with Gasteiger partial charge in [0.05, 0.1) is 0 Å². The van der Waals surface area contributed by atoms with Crippen LogP contribution >= 0.6 is 0 Å². The Morgan fingerprint density at radius 1 is 0.565 bits per heavy atom. The van der Waals surface area contributed by atoms with Gasteiger partial charge >= 0.3 is 0 Å². The molecule has 0 fully saturated rings. The minimum absolute atomic E-state index is 0.480. The molecule has 8 aromatic rings. The van der Waals surface area contributed by atoms with Crippen LogP contribution in [0.5, 0.6) is 0 Å². The average molecular weight is 592 g/mol. The highest BCUT2D eigenvalue weighted by Gasteiger charge is 2.20. The summed E-state index contributed by atoms with van der Waals surface area (Å²) in [4.78, 5) is 15.3. The number of para-hydroxylation sites is 1. The van der Waals surface area contributed by atoms with Crippen molar-refractivity contribution < 1.29 is 4.42 Å². The summed E-state index contributed by atoms with van der Waals surface area (Å²) in [5.74, 6) is 2.37. The largest absolute Gasteiger partial charge is 0.456 e. The zero-order valence-electron chi connectivity index (χ0n) is 25.3. The standard InChI is InChI=1S/C42H29N3O/c1-26-9-6-12-29-13-7-15-33(38(26)29)28-20-22-30(23-21-28)40-43-41(32-24-19-27-10-2-3-11-31(27)25-32)45-42(44-40)35-16-8-18-37-39(35)34-14-4-5-17-36(34)46-37/h2-8,10-26H,9H2,1H3. The van der Waals surface area contributed by atoms with E-state index in [4.69, 9.17) is 19.4 Å². The van der Waals surface area contributed by atoms with Gasteiger partial charge in [0, 0.05) is 27.5 Å². The molecule has 2 aromatic heterocycles. The molecule has 1 unspecified atom stereocenters. The quantitative estimate of drug-likeness (QED) is 0.204. The number of rotatable bonds is 4. The Morgan fingerprint density at radius 2 is 1.24 bits per heavy atom. The van der Waals surface area contributed by atoms with Crippen LogP contribution < -0.4 is 0 Å². The fourth-order valence-corrected chi connectivity index (χ4v) is 6.89. The van der Waals surface area contributed by atoms with E-state index < -0.39 is 0 Å². The van der Waals surface area contributed by atoms with E-state index in [1.165, 1.54) is 27.6 Å². The lowest BCUT2D eigenvalue weighted by atomic mass is 9.83. The van der Waals surface area contributed by atoms with Crippen LogP contribution in [0.2, 0.25) is 0 Å². The number of hydrogen-bond acceptors (Lipinski definition) is 4. The van der Waals surface area contributed by atoms with E-state index in [0.29, 0.717) is 23.4 Å². The van der Waals surface area contributed by atoms with Gasteiger partial charge in [-0.15, -0.1) is 0 Å². The van der Waals surface area contributed by atoms with Gasteiger partial charge in [0.2, 0.25) is 0 Å². The molecule has 218 valence electrons. The minimum atomic E-state index is 0.480. The second-order valence-corrected chi connectivity index (χ2v) is 12.1. The van der Waals surface area contributed by atoms with E-state index in [1.807, 2.05) is 30.3 Å². The molecule has 0 saturated carbocycles. The fraction of sp³-hybridized carbons (Fsp3) is 0.0714. The van der Waals surface area contributed by atoms with Gasteiger partial charge in [-0.25, -0.2) is 15.0 Å². The minimum Gasteiger partial charge on any atom is -0.456 e. The summed E-state index contributed by atoms with van der Waals surface area (Å²) < 4.78 is 6.22. The summed E-state index contributed by atoms with van der Waals surface area (Å²) >= 11 is 0. The molecular formula is C42H29N3O. The molecule has 0 radical (unpaired) electrons. The maximum absolute atomic E-state index is 6.22. The molecule has 1 aliphatic carbocycles. The molecule has 46 heavy (non-hydrogen) atoms. The van der Waals surface area contributed by atoms with Gasteiger partial charge in [-0.2, -0.15) is 0 Å². The van der Waals surface area contributed by atoms with Crippen LogP contribution in [0.4, 0.5) is 0 Å². The number of hydrogen-bond donors (Lipinski definition) is 0.